The van der Waals surface area contributed by atoms with Crippen molar-refractivity contribution < 1.29 is 4.39 Å². The van der Waals surface area contributed by atoms with Crippen LogP contribution in [0.5, 0.6) is 0 Å². The van der Waals surface area contributed by atoms with Crippen LogP contribution in [0.2, 0.25) is 0 Å². The molecule has 1 aliphatic carbocycles. The van der Waals surface area contributed by atoms with Crippen molar-refractivity contribution in [3.8, 4) is 0 Å². The Hall–Kier alpha value is 0.110. The zero-order valence-corrected chi connectivity index (χ0v) is 13.0. The van der Waals surface area contributed by atoms with Gasteiger partial charge in [-0.3, -0.25) is 0 Å². The van der Waals surface area contributed by atoms with E-state index < -0.39 is 0 Å². The van der Waals surface area contributed by atoms with E-state index in [-0.39, 0.29) is 5.82 Å². The van der Waals surface area contributed by atoms with Gasteiger partial charge in [-0.15, -0.1) is 0 Å². The highest BCUT2D eigenvalue weighted by molar-refractivity contribution is 9.10. The van der Waals surface area contributed by atoms with Crippen LogP contribution in [0.4, 0.5) is 4.39 Å². The monoisotopic (exact) mass is 362 g/mol. The molecule has 0 aromatic heterocycles. The molecule has 0 heterocycles. The first-order valence-corrected chi connectivity index (χ1v) is 8.07. The fourth-order valence-corrected chi connectivity index (χ4v) is 3.89. The van der Waals surface area contributed by atoms with E-state index in [4.69, 9.17) is 0 Å². The summed E-state index contributed by atoms with van der Waals surface area (Å²) in [6.45, 7) is 0. The van der Waals surface area contributed by atoms with Gasteiger partial charge < -0.3 is 0 Å². The van der Waals surface area contributed by atoms with E-state index in [9.17, 15) is 4.39 Å². The van der Waals surface area contributed by atoms with Crippen LogP contribution in [-0.2, 0) is 6.42 Å². The molecule has 0 N–H and O–H groups in total. The van der Waals surface area contributed by atoms with Crippen LogP contribution in [-0.4, -0.2) is 5.33 Å². The molecule has 0 atom stereocenters. The standard InChI is InChI=1S/C14H17Br2F/c15-10-14(6-2-1-3-7-14)9-11-8-12(17)4-5-13(11)16/h4-5,8H,1-3,6-7,9-10H2. The van der Waals surface area contributed by atoms with Crippen LogP contribution >= 0.6 is 31.9 Å². The SMILES string of the molecule is Fc1ccc(Br)c(CC2(CBr)CCCCC2)c1. The Balaban J connectivity index is 2.20. The number of hydrogen-bond acceptors (Lipinski definition) is 0. The largest absolute Gasteiger partial charge is 0.207 e. The third-order valence-electron chi connectivity index (χ3n) is 3.77. The second-order valence-electron chi connectivity index (χ2n) is 5.11. The summed E-state index contributed by atoms with van der Waals surface area (Å²) >= 11 is 7.19. The molecule has 0 aliphatic heterocycles. The van der Waals surface area contributed by atoms with Gasteiger partial charge in [0.05, 0.1) is 0 Å². The maximum atomic E-state index is 13.3. The summed E-state index contributed by atoms with van der Waals surface area (Å²) in [7, 11) is 0. The molecule has 17 heavy (non-hydrogen) atoms. The minimum atomic E-state index is -0.135. The fourth-order valence-electron chi connectivity index (χ4n) is 2.74. The Morgan fingerprint density at radius 1 is 1.18 bits per heavy atom. The van der Waals surface area contributed by atoms with Gasteiger partial charge in [0.2, 0.25) is 0 Å². The van der Waals surface area contributed by atoms with Gasteiger partial charge in [0, 0.05) is 9.80 Å². The van der Waals surface area contributed by atoms with Gasteiger partial charge >= 0.3 is 0 Å². The zero-order chi connectivity index (χ0) is 12.3. The molecule has 0 amide bonds. The highest BCUT2D eigenvalue weighted by Crippen LogP contribution is 2.41. The average molecular weight is 364 g/mol. The topological polar surface area (TPSA) is 0 Å². The number of benzene rings is 1. The van der Waals surface area contributed by atoms with Gasteiger partial charge in [0.25, 0.3) is 0 Å². The fraction of sp³-hybridized carbons (Fsp3) is 0.571. The van der Waals surface area contributed by atoms with Gasteiger partial charge in [-0.2, -0.15) is 0 Å². The predicted octanol–water partition coefficient (Wildman–Crippen LogP) is 5.48. The zero-order valence-electron chi connectivity index (χ0n) is 9.82. The molecule has 1 aromatic rings. The number of halogens is 3. The lowest BCUT2D eigenvalue weighted by Gasteiger charge is -2.36. The molecule has 1 saturated carbocycles. The first kappa shape index (κ1) is 13.5. The van der Waals surface area contributed by atoms with Crippen molar-refractivity contribution in [2.45, 2.75) is 38.5 Å². The van der Waals surface area contributed by atoms with Crippen LogP contribution in [0, 0.1) is 11.2 Å². The molecule has 1 fully saturated rings. The van der Waals surface area contributed by atoms with Crippen LogP contribution in [0.25, 0.3) is 0 Å². The summed E-state index contributed by atoms with van der Waals surface area (Å²) in [5, 5.41) is 1.02. The summed E-state index contributed by atoms with van der Waals surface area (Å²) in [6, 6.07) is 4.99. The van der Waals surface area contributed by atoms with E-state index in [1.54, 1.807) is 6.07 Å². The highest BCUT2D eigenvalue weighted by Gasteiger charge is 2.31. The maximum absolute atomic E-state index is 13.3. The Morgan fingerprint density at radius 2 is 1.88 bits per heavy atom. The summed E-state index contributed by atoms with van der Waals surface area (Å²) in [5.74, 6) is -0.135. The van der Waals surface area contributed by atoms with E-state index in [0.29, 0.717) is 5.41 Å². The molecule has 3 heteroatoms. The molecular formula is C14H17Br2F. The summed E-state index contributed by atoms with van der Waals surface area (Å²) in [5.41, 5.74) is 1.43. The van der Waals surface area contributed by atoms with Gasteiger partial charge in [-0.05, 0) is 48.4 Å². The van der Waals surface area contributed by atoms with Gasteiger partial charge in [0.1, 0.15) is 5.82 Å². The van der Waals surface area contributed by atoms with Crippen molar-refractivity contribution in [2.24, 2.45) is 5.41 Å². The first-order chi connectivity index (χ1) is 8.15. The van der Waals surface area contributed by atoms with Gasteiger partial charge in [-0.1, -0.05) is 51.1 Å². The molecule has 1 aromatic carbocycles. The highest BCUT2D eigenvalue weighted by atomic mass is 79.9. The van der Waals surface area contributed by atoms with E-state index in [1.165, 1.54) is 38.2 Å². The Labute approximate surface area is 119 Å². The minimum Gasteiger partial charge on any atom is -0.207 e. The molecule has 0 unspecified atom stereocenters. The smallest absolute Gasteiger partial charge is 0.123 e. The van der Waals surface area contributed by atoms with E-state index >= 15 is 0 Å². The molecule has 1 aliphatic rings. The average Bonchev–Trinajstić information content (AvgIpc) is 2.35. The van der Waals surface area contributed by atoms with E-state index in [2.05, 4.69) is 31.9 Å². The van der Waals surface area contributed by atoms with Crippen LogP contribution < -0.4 is 0 Å². The van der Waals surface area contributed by atoms with Crippen LogP contribution in [0.15, 0.2) is 22.7 Å². The van der Waals surface area contributed by atoms with Crippen molar-refractivity contribution in [1.29, 1.82) is 0 Å². The molecule has 2 rings (SSSR count). The quantitative estimate of drug-likeness (QED) is 0.624. The summed E-state index contributed by atoms with van der Waals surface area (Å²) < 4.78 is 14.3. The number of alkyl halides is 1. The number of hydrogen-bond donors (Lipinski definition) is 0. The second kappa shape index (κ2) is 5.83. The summed E-state index contributed by atoms with van der Waals surface area (Å²) in [4.78, 5) is 0. The molecule has 94 valence electrons. The Kier molecular flexibility index (Phi) is 4.65. The third-order valence-corrected chi connectivity index (χ3v) is 5.73. The third kappa shape index (κ3) is 3.31. The number of rotatable bonds is 3. The van der Waals surface area contributed by atoms with Crippen molar-refractivity contribution in [3.05, 3.63) is 34.1 Å². The second-order valence-corrected chi connectivity index (χ2v) is 6.52. The van der Waals surface area contributed by atoms with Crippen LogP contribution in [0.3, 0.4) is 0 Å². The molecule has 0 spiro atoms. The van der Waals surface area contributed by atoms with Gasteiger partial charge in [-0.25, -0.2) is 4.39 Å². The van der Waals surface area contributed by atoms with Crippen molar-refractivity contribution in [3.63, 3.8) is 0 Å². The first-order valence-electron chi connectivity index (χ1n) is 6.15. The normalized spacial score (nSPS) is 19.2. The Morgan fingerprint density at radius 3 is 2.53 bits per heavy atom. The van der Waals surface area contributed by atoms with Gasteiger partial charge in [0.15, 0.2) is 0 Å². The minimum absolute atomic E-state index is 0.135. The van der Waals surface area contributed by atoms with E-state index in [0.717, 1.165) is 21.8 Å². The van der Waals surface area contributed by atoms with E-state index in [1.807, 2.05) is 6.07 Å². The van der Waals surface area contributed by atoms with Crippen molar-refractivity contribution >= 4 is 31.9 Å². The Bertz CT molecular complexity index is 384. The van der Waals surface area contributed by atoms with Crippen molar-refractivity contribution in [2.75, 3.05) is 5.33 Å². The molecular weight excluding hydrogens is 347 g/mol. The predicted molar refractivity (Wildman–Crippen MR) is 77.1 cm³/mol. The van der Waals surface area contributed by atoms with Crippen molar-refractivity contribution in [1.82, 2.24) is 0 Å². The lowest BCUT2D eigenvalue weighted by molar-refractivity contribution is 0.223. The molecule has 0 bridgehead atoms. The lowest BCUT2D eigenvalue weighted by Crippen LogP contribution is -2.28. The summed E-state index contributed by atoms with van der Waals surface area (Å²) in [6.07, 6.45) is 7.43. The molecule has 0 nitrogen and oxygen atoms in total. The maximum Gasteiger partial charge on any atom is 0.123 e. The molecule has 0 saturated heterocycles. The lowest BCUT2D eigenvalue weighted by atomic mass is 9.72. The molecule has 0 radical (unpaired) electrons. The van der Waals surface area contributed by atoms with Crippen LogP contribution in [0.1, 0.15) is 37.7 Å².